The first-order valence-electron chi connectivity index (χ1n) is 6.63. The molecule has 0 bridgehead atoms. The third-order valence-corrected chi connectivity index (χ3v) is 3.45. The van der Waals surface area contributed by atoms with Crippen LogP contribution in [0.5, 0.6) is 0 Å². The quantitative estimate of drug-likeness (QED) is 0.852. The molecule has 1 heterocycles. The second kappa shape index (κ2) is 4.88. The molecule has 1 aliphatic rings. The number of hydrogen-bond donors (Lipinski definition) is 1. The van der Waals surface area contributed by atoms with Crippen LogP contribution in [0, 0.1) is 6.92 Å². The van der Waals surface area contributed by atoms with E-state index in [2.05, 4.69) is 27.0 Å². The maximum Gasteiger partial charge on any atom is 0.150 e. The Morgan fingerprint density at radius 3 is 2.47 bits per heavy atom. The summed E-state index contributed by atoms with van der Waals surface area (Å²) in [5, 5.41) is 0. The number of hydrogen-bond acceptors (Lipinski definition) is 4. The Hall–Kier alpha value is -2.10. The fraction of sp³-hybridized carbons (Fsp3) is 0.333. The summed E-state index contributed by atoms with van der Waals surface area (Å²) in [6.07, 6.45) is 5.99. The standard InChI is InChI=1S/C15H18N4/c1-11-15(18-9-8-17-11)19(14-6-7-14)10-12-2-4-13(16)5-3-12/h2-5,8-9,14H,6-7,10,16H2,1H3. The summed E-state index contributed by atoms with van der Waals surface area (Å²) in [5.74, 6) is 1.00. The van der Waals surface area contributed by atoms with Crippen molar-refractivity contribution in [3.63, 3.8) is 0 Å². The maximum atomic E-state index is 5.73. The molecule has 19 heavy (non-hydrogen) atoms. The van der Waals surface area contributed by atoms with Crippen molar-refractivity contribution in [2.24, 2.45) is 0 Å². The van der Waals surface area contributed by atoms with Crippen molar-refractivity contribution in [2.45, 2.75) is 32.4 Å². The van der Waals surface area contributed by atoms with Gasteiger partial charge in [-0.1, -0.05) is 12.1 Å². The van der Waals surface area contributed by atoms with Crippen LogP contribution in [-0.2, 0) is 6.54 Å². The topological polar surface area (TPSA) is 55.0 Å². The molecule has 0 amide bonds. The van der Waals surface area contributed by atoms with Gasteiger partial charge < -0.3 is 10.6 Å². The molecule has 4 nitrogen and oxygen atoms in total. The average molecular weight is 254 g/mol. The second-order valence-electron chi connectivity index (χ2n) is 5.07. The number of nitrogens with zero attached hydrogens (tertiary/aromatic N) is 3. The Balaban J connectivity index is 1.86. The zero-order chi connectivity index (χ0) is 13.2. The van der Waals surface area contributed by atoms with Crippen LogP contribution >= 0.6 is 0 Å². The molecule has 0 radical (unpaired) electrons. The highest BCUT2D eigenvalue weighted by atomic mass is 15.2. The normalized spacial score (nSPS) is 14.4. The molecule has 0 aliphatic heterocycles. The van der Waals surface area contributed by atoms with Crippen molar-refractivity contribution in [3.05, 3.63) is 47.9 Å². The van der Waals surface area contributed by atoms with Gasteiger partial charge in [0.1, 0.15) is 0 Å². The SMILES string of the molecule is Cc1nccnc1N(Cc1ccc(N)cc1)C1CC1. The van der Waals surface area contributed by atoms with Gasteiger partial charge >= 0.3 is 0 Å². The van der Waals surface area contributed by atoms with Crippen LogP contribution in [0.4, 0.5) is 11.5 Å². The number of benzene rings is 1. The Kier molecular flexibility index (Phi) is 3.07. The first-order valence-corrected chi connectivity index (χ1v) is 6.63. The minimum absolute atomic E-state index is 0.605. The molecular weight excluding hydrogens is 236 g/mol. The molecule has 1 aliphatic carbocycles. The van der Waals surface area contributed by atoms with E-state index < -0.39 is 0 Å². The van der Waals surface area contributed by atoms with E-state index in [1.54, 1.807) is 12.4 Å². The number of nitrogens with two attached hydrogens (primary N) is 1. The van der Waals surface area contributed by atoms with Gasteiger partial charge in [0.05, 0.1) is 5.69 Å². The van der Waals surface area contributed by atoms with Crippen LogP contribution in [0.1, 0.15) is 24.1 Å². The number of nitrogen functional groups attached to an aromatic ring is 1. The van der Waals surface area contributed by atoms with E-state index in [9.17, 15) is 0 Å². The van der Waals surface area contributed by atoms with E-state index in [1.807, 2.05) is 19.1 Å². The van der Waals surface area contributed by atoms with E-state index in [0.29, 0.717) is 6.04 Å². The summed E-state index contributed by atoms with van der Waals surface area (Å²) in [5.41, 5.74) is 8.78. The minimum Gasteiger partial charge on any atom is -0.399 e. The molecule has 98 valence electrons. The monoisotopic (exact) mass is 254 g/mol. The van der Waals surface area contributed by atoms with Crippen molar-refractivity contribution < 1.29 is 0 Å². The molecule has 0 spiro atoms. The van der Waals surface area contributed by atoms with Crippen molar-refractivity contribution in [1.82, 2.24) is 9.97 Å². The van der Waals surface area contributed by atoms with Crippen LogP contribution in [-0.4, -0.2) is 16.0 Å². The van der Waals surface area contributed by atoms with Gasteiger partial charge in [0.2, 0.25) is 0 Å². The van der Waals surface area contributed by atoms with E-state index in [1.165, 1.54) is 18.4 Å². The van der Waals surface area contributed by atoms with Gasteiger partial charge in [-0.25, -0.2) is 4.98 Å². The van der Waals surface area contributed by atoms with Gasteiger partial charge in [0.15, 0.2) is 5.82 Å². The summed E-state index contributed by atoms with van der Waals surface area (Å²) in [7, 11) is 0. The summed E-state index contributed by atoms with van der Waals surface area (Å²) in [6, 6.07) is 8.66. The van der Waals surface area contributed by atoms with Crippen LogP contribution in [0.3, 0.4) is 0 Å². The van der Waals surface area contributed by atoms with Crippen LogP contribution in [0.25, 0.3) is 0 Å². The van der Waals surface area contributed by atoms with Gasteiger partial charge in [-0.3, -0.25) is 4.98 Å². The summed E-state index contributed by atoms with van der Waals surface area (Å²) < 4.78 is 0. The fourth-order valence-corrected chi connectivity index (χ4v) is 2.27. The van der Waals surface area contributed by atoms with Gasteiger partial charge in [-0.2, -0.15) is 0 Å². The van der Waals surface area contributed by atoms with Crippen LogP contribution in [0.15, 0.2) is 36.7 Å². The first-order chi connectivity index (χ1) is 9.24. The van der Waals surface area contributed by atoms with E-state index >= 15 is 0 Å². The molecule has 4 heteroatoms. The van der Waals surface area contributed by atoms with Crippen LogP contribution in [0.2, 0.25) is 0 Å². The van der Waals surface area contributed by atoms with Crippen LogP contribution < -0.4 is 10.6 Å². The molecule has 1 fully saturated rings. The zero-order valence-electron chi connectivity index (χ0n) is 11.1. The number of rotatable bonds is 4. The molecule has 2 N–H and O–H groups in total. The Labute approximate surface area is 113 Å². The van der Waals surface area contributed by atoms with E-state index in [-0.39, 0.29) is 0 Å². The molecule has 1 aromatic carbocycles. The summed E-state index contributed by atoms with van der Waals surface area (Å²) >= 11 is 0. The van der Waals surface area contributed by atoms with Crippen molar-refractivity contribution in [3.8, 4) is 0 Å². The zero-order valence-corrected chi connectivity index (χ0v) is 11.1. The largest absolute Gasteiger partial charge is 0.399 e. The molecule has 2 aromatic rings. The second-order valence-corrected chi connectivity index (χ2v) is 5.07. The smallest absolute Gasteiger partial charge is 0.150 e. The molecule has 3 rings (SSSR count). The summed E-state index contributed by atoms with van der Waals surface area (Å²) in [4.78, 5) is 11.2. The van der Waals surface area contributed by atoms with Gasteiger partial charge in [-0.05, 0) is 37.5 Å². The number of aryl methyl sites for hydroxylation is 1. The lowest BCUT2D eigenvalue weighted by Crippen LogP contribution is -2.27. The highest BCUT2D eigenvalue weighted by molar-refractivity contribution is 5.47. The maximum absolute atomic E-state index is 5.73. The molecule has 0 atom stereocenters. The lowest BCUT2D eigenvalue weighted by Gasteiger charge is -2.24. The van der Waals surface area contributed by atoms with Gasteiger partial charge in [0, 0.05) is 30.7 Å². The number of anilines is 2. The average Bonchev–Trinajstić information content (AvgIpc) is 3.24. The van der Waals surface area contributed by atoms with E-state index in [0.717, 1.165) is 23.7 Å². The first kappa shape index (κ1) is 12.0. The molecule has 0 unspecified atom stereocenters. The third kappa shape index (κ3) is 2.67. The lowest BCUT2D eigenvalue weighted by molar-refractivity contribution is 0.768. The molecule has 1 saturated carbocycles. The fourth-order valence-electron chi connectivity index (χ4n) is 2.27. The Bertz CT molecular complexity index is 561. The minimum atomic E-state index is 0.605. The predicted octanol–water partition coefficient (Wildman–Crippen LogP) is 2.54. The molecular formula is C15H18N4. The van der Waals surface area contributed by atoms with Crippen molar-refractivity contribution >= 4 is 11.5 Å². The van der Waals surface area contributed by atoms with Crippen molar-refractivity contribution in [2.75, 3.05) is 10.6 Å². The van der Waals surface area contributed by atoms with Crippen molar-refractivity contribution in [1.29, 1.82) is 0 Å². The van der Waals surface area contributed by atoms with Gasteiger partial charge in [0.25, 0.3) is 0 Å². The van der Waals surface area contributed by atoms with E-state index in [4.69, 9.17) is 5.73 Å². The lowest BCUT2D eigenvalue weighted by atomic mass is 10.2. The predicted molar refractivity (Wildman–Crippen MR) is 76.8 cm³/mol. The highest BCUT2D eigenvalue weighted by Gasteiger charge is 2.31. The Morgan fingerprint density at radius 2 is 1.84 bits per heavy atom. The Morgan fingerprint density at radius 1 is 1.16 bits per heavy atom. The highest BCUT2D eigenvalue weighted by Crippen LogP contribution is 2.33. The molecule has 0 saturated heterocycles. The van der Waals surface area contributed by atoms with Gasteiger partial charge in [-0.15, -0.1) is 0 Å². The molecule has 1 aromatic heterocycles. The number of aromatic nitrogens is 2. The third-order valence-electron chi connectivity index (χ3n) is 3.45. The summed E-state index contributed by atoms with van der Waals surface area (Å²) in [6.45, 7) is 2.88.